The Hall–Kier alpha value is -2.94. The van der Waals surface area contributed by atoms with Gasteiger partial charge in [0.15, 0.2) is 0 Å². The van der Waals surface area contributed by atoms with Gasteiger partial charge in [-0.1, -0.05) is 48.0 Å². The topological polar surface area (TPSA) is 59.3 Å². The fourth-order valence-corrected chi connectivity index (χ4v) is 6.24. The number of aromatic nitrogens is 1. The lowest BCUT2D eigenvalue weighted by atomic mass is 10.0. The van der Waals surface area contributed by atoms with Crippen molar-refractivity contribution < 1.29 is 26.7 Å². The molecule has 0 aliphatic carbocycles. The fraction of sp³-hybridized carbons (Fsp3) is 0.120. The van der Waals surface area contributed by atoms with Crippen molar-refractivity contribution in [3.05, 3.63) is 105 Å². The van der Waals surface area contributed by atoms with E-state index in [0.717, 1.165) is 16.1 Å². The number of aryl methyl sites for hydroxylation is 1. The number of alkyl halides is 3. The summed E-state index contributed by atoms with van der Waals surface area (Å²) in [5, 5.41) is 10.2. The molecule has 182 valence electrons. The standard InChI is InChI=1S/C25H18Cl2F3NO3S/c1-14-10-17(25(28,29)30)11-16-12-18(13-21-22(26)9-8-20(15(2)32)23(21)27)31(24(14)16)35(33,34)19-6-4-3-5-7-19/h3-12,32H,2,13H2,1H3. The summed E-state index contributed by atoms with van der Waals surface area (Å²) in [4.78, 5) is -0.0345. The molecule has 0 aliphatic heterocycles. The van der Waals surface area contributed by atoms with Crippen molar-refractivity contribution in [1.82, 2.24) is 3.97 Å². The Morgan fingerprint density at radius 3 is 2.31 bits per heavy atom. The Morgan fingerprint density at radius 1 is 1.06 bits per heavy atom. The van der Waals surface area contributed by atoms with Crippen LogP contribution in [-0.2, 0) is 22.6 Å². The fourth-order valence-electron chi connectivity index (χ4n) is 4.00. The molecule has 0 saturated carbocycles. The Bertz CT molecular complexity index is 1580. The summed E-state index contributed by atoms with van der Waals surface area (Å²) in [6.45, 7) is 4.89. The zero-order valence-corrected chi connectivity index (χ0v) is 20.5. The highest BCUT2D eigenvalue weighted by Gasteiger charge is 2.33. The maximum Gasteiger partial charge on any atom is 0.416 e. The Labute approximate surface area is 209 Å². The molecule has 0 spiro atoms. The molecular formula is C25H18Cl2F3NO3S. The van der Waals surface area contributed by atoms with Crippen LogP contribution in [0.5, 0.6) is 0 Å². The van der Waals surface area contributed by atoms with E-state index in [4.69, 9.17) is 23.2 Å². The van der Waals surface area contributed by atoms with Crippen molar-refractivity contribution in [1.29, 1.82) is 0 Å². The molecule has 1 heterocycles. The minimum atomic E-state index is -4.61. The van der Waals surface area contributed by atoms with Crippen LogP contribution in [0, 0.1) is 6.92 Å². The minimum Gasteiger partial charge on any atom is -0.508 e. The van der Waals surface area contributed by atoms with Crippen molar-refractivity contribution in [3.63, 3.8) is 0 Å². The number of aliphatic hydroxyl groups is 1. The van der Waals surface area contributed by atoms with Crippen molar-refractivity contribution in [2.24, 2.45) is 0 Å². The number of aliphatic hydroxyl groups excluding tert-OH is 1. The van der Waals surface area contributed by atoms with Gasteiger partial charge in [0.25, 0.3) is 10.0 Å². The number of halogens is 5. The Balaban J connectivity index is 2.04. The van der Waals surface area contributed by atoms with Crippen LogP contribution in [-0.4, -0.2) is 17.5 Å². The molecule has 0 atom stereocenters. The molecule has 4 nitrogen and oxygen atoms in total. The molecule has 4 rings (SSSR count). The van der Waals surface area contributed by atoms with Crippen LogP contribution < -0.4 is 0 Å². The van der Waals surface area contributed by atoms with Gasteiger partial charge in [0.2, 0.25) is 0 Å². The van der Waals surface area contributed by atoms with Gasteiger partial charge in [-0.25, -0.2) is 12.4 Å². The Morgan fingerprint density at radius 2 is 1.71 bits per heavy atom. The van der Waals surface area contributed by atoms with Crippen LogP contribution in [0.4, 0.5) is 13.2 Å². The van der Waals surface area contributed by atoms with Gasteiger partial charge in [-0.15, -0.1) is 0 Å². The lowest BCUT2D eigenvalue weighted by Crippen LogP contribution is -2.17. The summed E-state index contributed by atoms with van der Waals surface area (Å²) in [6.07, 6.45) is -4.75. The minimum absolute atomic E-state index is 0.0345. The maximum atomic E-state index is 13.7. The monoisotopic (exact) mass is 539 g/mol. The van der Waals surface area contributed by atoms with E-state index in [9.17, 15) is 26.7 Å². The maximum absolute atomic E-state index is 13.7. The van der Waals surface area contributed by atoms with E-state index in [1.165, 1.54) is 37.3 Å². The molecule has 1 N–H and O–H groups in total. The molecule has 3 aromatic carbocycles. The van der Waals surface area contributed by atoms with Gasteiger partial charge in [-0.2, -0.15) is 13.2 Å². The first-order valence-electron chi connectivity index (χ1n) is 10.2. The number of hydrogen-bond donors (Lipinski definition) is 1. The zero-order valence-electron chi connectivity index (χ0n) is 18.2. The van der Waals surface area contributed by atoms with Gasteiger partial charge < -0.3 is 5.11 Å². The lowest BCUT2D eigenvalue weighted by Gasteiger charge is -2.16. The molecule has 0 radical (unpaired) electrons. The summed E-state index contributed by atoms with van der Waals surface area (Å²) in [7, 11) is -4.21. The summed E-state index contributed by atoms with van der Waals surface area (Å²) >= 11 is 12.8. The second-order valence-corrected chi connectivity index (χ2v) is 10.5. The predicted molar refractivity (Wildman–Crippen MR) is 132 cm³/mol. The molecular weight excluding hydrogens is 522 g/mol. The molecule has 0 saturated heterocycles. The number of nitrogens with zero attached hydrogens (tertiary/aromatic N) is 1. The highest BCUT2D eigenvalue weighted by Crippen LogP contribution is 2.38. The second kappa shape index (κ2) is 8.93. The van der Waals surface area contributed by atoms with Crippen molar-refractivity contribution >= 4 is 49.9 Å². The van der Waals surface area contributed by atoms with Crippen molar-refractivity contribution in [2.45, 2.75) is 24.4 Å². The van der Waals surface area contributed by atoms with E-state index in [2.05, 4.69) is 6.58 Å². The largest absolute Gasteiger partial charge is 0.508 e. The molecule has 1 aromatic heterocycles. The number of fused-ring (bicyclic) bond motifs is 1. The van der Waals surface area contributed by atoms with Gasteiger partial charge in [0, 0.05) is 28.1 Å². The molecule has 0 bridgehead atoms. The van der Waals surface area contributed by atoms with Crippen LogP contribution >= 0.6 is 23.2 Å². The van der Waals surface area contributed by atoms with E-state index >= 15 is 0 Å². The SMILES string of the molecule is C=C(O)c1ccc(Cl)c(Cc2cc3cc(C(F)(F)F)cc(C)c3n2S(=O)(=O)c2ccccc2)c1Cl. The van der Waals surface area contributed by atoms with Gasteiger partial charge >= 0.3 is 6.18 Å². The smallest absolute Gasteiger partial charge is 0.416 e. The molecule has 0 aliphatic rings. The molecule has 4 aromatic rings. The van der Waals surface area contributed by atoms with Crippen LogP contribution in [0.25, 0.3) is 16.7 Å². The number of benzene rings is 3. The third-order valence-corrected chi connectivity index (χ3v) is 8.13. The van der Waals surface area contributed by atoms with Gasteiger partial charge in [0.05, 0.1) is 21.0 Å². The van der Waals surface area contributed by atoms with E-state index in [-0.39, 0.29) is 54.8 Å². The van der Waals surface area contributed by atoms with Crippen molar-refractivity contribution in [2.75, 3.05) is 0 Å². The predicted octanol–water partition coefficient (Wildman–Crippen LogP) is 7.63. The van der Waals surface area contributed by atoms with E-state index in [0.29, 0.717) is 5.56 Å². The quantitative estimate of drug-likeness (QED) is 0.265. The van der Waals surface area contributed by atoms with Crippen LogP contribution in [0.15, 0.2) is 72.1 Å². The lowest BCUT2D eigenvalue weighted by molar-refractivity contribution is -0.137. The molecule has 0 fully saturated rings. The van der Waals surface area contributed by atoms with Gasteiger partial charge in [-0.3, -0.25) is 0 Å². The van der Waals surface area contributed by atoms with E-state index in [1.807, 2.05) is 0 Å². The molecule has 10 heteroatoms. The highest BCUT2D eigenvalue weighted by molar-refractivity contribution is 7.90. The van der Waals surface area contributed by atoms with E-state index < -0.39 is 21.8 Å². The van der Waals surface area contributed by atoms with Crippen molar-refractivity contribution in [3.8, 4) is 0 Å². The average Bonchev–Trinajstić information content (AvgIpc) is 3.16. The molecule has 0 unspecified atom stereocenters. The Kier molecular flexibility index (Phi) is 6.42. The van der Waals surface area contributed by atoms with Gasteiger partial charge in [-0.05, 0) is 60.5 Å². The number of rotatable bonds is 5. The number of hydrogen-bond acceptors (Lipinski definition) is 3. The third-order valence-electron chi connectivity index (χ3n) is 5.58. The van der Waals surface area contributed by atoms with Crippen LogP contribution in [0.1, 0.15) is 27.9 Å². The van der Waals surface area contributed by atoms with Crippen LogP contribution in [0.3, 0.4) is 0 Å². The van der Waals surface area contributed by atoms with Crippen LogP contribution in [0.2, 0.25) is 10.0 Å². The molecule has 35 heavy (non-hydrogen) atoms. The first-order chi connectivity index (χ1) is 16.3. The first-order valence-corrected chi connectivity index (χ1v) is 12.4. The third kappa shape index (κ3) is 4.53. The van der Waals surface area contributed by atoms with E-state index in [1.54, 1.807) is 18.2 Å². The summed E-state index contributed by atoms with van der Waals surface area (Å²) in [6, 6.07) is 13.7. The molecule has 0 amide bonds. The average molecular weight is 540 g/mol. The van der Waals surface area contributed by atoms with Gasteiger partial charge in [0.1, 0.15) is 5.76 Å². The summed E-state index contributed by atoms with van der Waals surface area (Å²) in [5.74, 6) is -0.309. The first kappa shape index (κ1) is 25.2. The normalized spacial score (nSPS) is 12.3. The summed E-state index contributed by atoms with van der Waals surface area (Å²) < 4.78 is 68.9. The zero-order chi connectivity index (χ0) is 25.7. The highest BCUT2D eigenvalue weighted by atomic mass is 35.5. The summed E-state index contributed by atoms with van der Waals surface area (Å²) in [5.41, 5.74) is 0.00745. The second-order valence-electron chi connectivity index (χ2n) is 7.96.